The number of aromatic nitrogens is 5. The molecule has 1 amide bonds. The molecule has 3 aromatic rings. The van der Waals surface area contributed by atoms with Crippen molar-refractivity contribution in [2.45, 2.75) is 30.8 Å². The SMILES string of the molecule is NC(=O)Cc1cc2c(cn1)c(C1CC1)nn2-c1cncc(C2(F)COC2)n1. The van der Waals surface area contributed by atoms with E-state index in [4.69, 9.17) is 15.6 Å². The Morgan fingerprint density at radius 2 is 2.15 bits per heavy atom. The summed E-state index contributed by atoms with van der Waals surface area (Å²) in [5.41, 5.74) is 6.17. The molecule has 1 saturated carbocycles. The van der Waals surface area contributed by atoms with Crippen molar-refractivity contribution in [3.63, 3.8) is 0 Å². The van der Waals surface area contributed by atoms with E-state index in [0.717, 1.165) is 29.4 Å². The first-order valence-electron chi connectivity index (χ1n) is 8.79. The summed E-state index contributed by atoms with van der Waals surface area (Å²) in [4.78, 5) is 24.2. The van der Waals surface area contributed by atoms with Crippen LogP contribution in [0.15, 0.2) is 24.7 Å². The minimum atomic E-state index is -1.61. The quantitative estimate of drug-likeness (QED) is 0.727. The lowest BCUT2D eigenvalue weighted by atomic mass is 10.0. The molecule has 9 heteroatoms. The third-order valence-corrected chi connectivity index (χ3v) is 4.93. The molecule has 5 rings (SSSR count). The smallest absolute Gasteiger partial charge is 0.223 e. The van der Waals surface area contributed by atoms with Crippen molar-refractivity contribution in [2.75, 3.05) is 13.2 Å². The van der Waals surface area contributed by atoms with Gasteiger partial charge in [-0.25, -0.2) is 14.1 Å². The Labute approximate surface area is 153 Å². The predicted molar refractivity (Wildman–Crippen MR) is 92.9 cm³/mol. The molecule has 4 heterocycles. The molecule has 3 aromatic heterocycles. The van der Waals surface area contributed by atoms with Gasteiger partial charge < -0.3 is 10.5 Å². The maximum Gasteiger partial charge on any atom is 0.223 e. The minimum Gasteiger partial charge on any atom is -0.374 e. The number of hydrogen-bond donors (Lipinski definition) is 1. The van der Waals surface area contributed by atoms with Crippen LogP contribution in [0.1, 0.15) is 35.8 Å². The molecule has 1 saturated heterocycles. The zero-order chi connectivity index (χ0) is 18.6. The lowest BCUT2D eigenvalue weighted by Crippen LogP contribution is -2.43. The van der Waals surface area contributed by atoms with E-state index < -0.39 is 11.6 Å². The van der Waals surface area contributed by atoms with Gasteiger partial charge in [0.25, 0.3) is 0 Å². The summed E-state index contributed by atoms with van der Waals surface area (Å²) in [6.07, 6.45) is 6.87. The molecular weight excluding hydrogens is 351 g/mol. The number of nitrogens with zero attached hydrogens (tertiary/aromatic N) is 5. The van der Waals surface area contributed by atoms with Crippen molar-refractivity contribution in [3.05, 3.63) is 41.7 Å². The number of carbonyl (C=O) groups is 1. The van der Waals surface area contributed by atoms with Gasteiger partial charge in [-0.3, -0.25) is 14.8 Å². The molecule has 0 bridgehead atoms. The number of hydrogen-bond acceptors (Lipinski definition) is 6. The first-order valence-corrected chi connectivity index (χ1v) is 8.79. The normalized spacial score (nSPS) is 18.4. The van der Waals surface area contributed by atoms with Gasteiger partial charge in [-0.15, -0.1) is 0 Å². The zero-order valence-corrected chi connectivity index (χ0v) is 14.4. The van der Waals surface area contributed by atoms with E-state index in [-0.39, 0.29) is 25.3 Å². The number of pyridine rings is 1. The summed E-state index contributed by atoms with van der Waals surface area (Å²) in [7, 11) is 0. The summed E-state index contributed by atoms with van der Waals surface area (Å²) in [6.45, 7) is -0.0457. The summed E-state index contributed by atoms with van der Waals surface area (Å²) in [6, 6.07) is 1.78. The molecule has 2 aliphatic rings. The molecule has 2 N–H and O–H groups in total. The largest absolute Gasteiger partial charge is 0.374 e. The number of alkyl halides is 1. The van der Waals surface area contributed by atoms with Gasteiger partial charge in [0, 0.05) is 17.5 Å². The Morgan fingerprint density at radius 3 is 2.81 bits per heavy atom. The average Bonchev–Trinajstić information content (AvgIpc) is 3.40. The number of ether oxygens (including phenoxy) is 1. The Morgan fingerprint density at radius 1 is 1.33 bits per heavy atom. The fraction of sp³-hybridized carbons (Fsp3) is 0.389. The summed E-state index contributed by atoms with van der Waals surface area (Å²) in [5.74, 6) is 0.354. The molecular formula is C18H17FN6O2. The first-order chi connectivity index (χ1) is 13.0. The van der Waals surface area contributed by atoms with Gasteiger partial charge in [0.05, 0.1) is 48.9 Å². The first kappa shape index (κ1) is 16.2. The Hall–Kier alpha value is -2.94. The van der Waals surface area contributed by atoms with Gasteiger partial charge in [-0.2, -0.15) is 5.10 Å². The van der Waals surface area contributed by atoms with Crippen LogP contribution in [0.5, 0.6) is 0 Å². The van der Waals surface area contributed by atoms with Gasteiger partial charge in [0.2, 0.25) is 5.91 Å². The molecule has 1 aliphatic heterocycles. The Kier molecular flexibility index (Phi) is 3.48. The van der Waals surface area contributed by atoms with Crippen molar-refractivity contribution in [2.24, 2.45) is 5.73 Å². The van der Waals surface area contributed by atoms with E-state index >= 15 is 0 Å². The van der Waals surface area contributed by atoms with Crippen LogP contribution in [-0.2, 0) is 21.6 Å². The highest BCUT2D eigenvalue weighted by molar-refractivity contribution is 5.85. The molecule has 0 unspecified atom stereocenters. The molecule has 1 aliphatic carbocycles. The van der Waals surface area contributed by atoms with Crippen LogP contribution in [0, 0.1) is 0 Å². The van der Waals surface area contributed by atoms with Gasteiger partial charge in [0.15, 0.2) is 11.5 Å². The molecule has 0 aromatic carbocycles. The highest BCUT2D eigenvalue weighted by Gasteiger charge is 2.42. The highest BCUT2D eigenvalue weighted by atomic mass is 19.1. The molecule has 2 fully saturated rings. The second-order valence-corrected chi connectivity index (χ2v) is 7.13. The lowest BCUT2D eigenvalue weighted by molar-refractivity contribution is -0.137. The Balaban J connectivity index is 1.65. The van der Waals surface area contributed by atoms with Gasteiger partial charge in [-0.05, 0) is 18.9 Å². The lowest BCUT2D eigenvalue weighted by Gasteiger charge is -2.32. The maximum absolute atomic E-state index is 14.7. The number of amides is 1. The highest BCUT2D eigenvalue weighted by Crippen LogP contribution is 2.42. The van der Waals surface area contributed by atoms with Crippen LogP contribution < -0.4 is 5.73 Å². The van der Waals surface area contributed by atoms with Crippen LogP contribution in [0.4, 0.5) is 4.39 Å². The van der Waals surface area contributed by atoms with E-state index in [1.807, 2.05) is 0 Å². The average molecular weight is 368 g/mol. The fourth-order valence-electron chi connectivity index (χ4n) is 3.29. The monoisotopic (exact) mass is 368 g/mol. The number of rotatable bonds is 5. The number of carbonyl (C=O) groups excluding carboxylic acids is 1. The molecule has 138 valence electrons. The number of halogens is 1. The number of primary amides is 1. The second-order valence-electron chi connectivity index (χ2n) is 7.13. The summed E-state index contributed by atoms with van der Waals surface area (Å²) in [5, 5.41) is 5.62. The van der Waals surface area contributed by atoms with Crippen molar-refractivity contribution >= 4 is 16.8 Å². The molecule has 0 radical (unpaired) electrons. The fourth-order valence-corrected chi connectivity index (χ4v) is 3.29. The third-order valence-electron chi connectivity index (χ3n) is 4.93. The molecule has 0 atom stereocenters. The van der Waals surface area contributed by atoms with Crippen LogP contribution in [0.3, 0.4) is 0 Å². The van der Waals surface area contributed by atoms with Crippen molar-refractivity contribution < 1.29 is 13.9 Å². The van der Waals surface area contributed by atoms with Crippen molar-refractivity contribution in [1.82, 2.24) is 24.7 Å². The predicted octanol–water partition coefficient (Wildman–Crippen LogP) is 1.31. The van der Waals surface area contributed by atoms with Crippen LogP contribution in [0.25, 0.3) is 16.7 Å². The standard InChI is InChI=1S/C18H17FN6O2/c19-18(8-27-9-18)14-6-21-7-16(23-14)25-13-3-11(4-15(20)26)22-5-12(13)17(24-25)10-1-2-10/h3,5-7,10H,1-2,4,8-9H2,(H2,20,26). The van der Waals surface area contributed by atoms with Crippen LogP contribution >= 0.6 is 0 Å². The number of fused-ring (bicyclic) bond motifs is 1. The summed E-state index contributed by atoms with van der Waals surface area (Å²) >= 11 is 0. The number of nitrogens with two attached hydrogens (primary N) is 1. The zero-order valence-electron chi connectivity index (χ0n) is 14.4. The second kappa shape index (κ2) is 5.78. The van der Waals surface area contributed by atoms with E-state index in [1.165, 1.54) is 6.20 Å². The molecule has 0 spiro atoms. The van der Waals surface area contributed by atoms with Crippen molar-refractivity contribution in [1.29, 1.82) is 0 Å². The third kappa shape index (κ3) is 2.74. The molecule has 27 heavy (non-hydrogen) atoms. The van der Waals surface area contributed by atoms with Crippen LogP contribution in [0.2, 0.25) is 0 Å². The van der Waals surface area contributed by atoms with Crippen LogP contribution in [-0.4, -0.2) is 43.9 Å². The van der Waals surface area contributed by atoms with E-state index in [0.29, 0.717) is 17.4 Å². The van der Waals surface area contributed by atoms with Gasteiger partial charge >= 0.3 is 0 Å². The van der Waals surface area contributed by atoms with Crippen molar-refractivity contribution in [3.8, 4) is 5.82 Å². The Bertz CT molecular complexity index is 1060. The maximum atomic E-state index is 14.7. The topological polar surface area (TPSA) is 109 Å². The van der Waals surface area contributed by atoms with E-state index in [9.17, 15) is 9.18 Å². The van der Waals surface area contributed by atoms with Gasteiger partial charge in [0.1, 0.15) is 5.69 Å². The van der Waals surface area contributed by atoms with E-state index in [2.05, 4.69) is 15.0 Å². The van der Waals surface area contributed by atoms with Gasteiger partial charge in [-0.1, -0.05) is 0 Å². The molecule has 8 nitrogen and oxygen atoms in total. The summed E-state index contributed by atoms with van der Waals surface area (Å²) < 4.78 is 21.3. The van der Waals surface area contributed by atoms with E-state index in [1.54, 1.807) is 23.1 Å². The minimum absolute atomic E-state index is 0.0228.